The molecule has 0 unspecified atom stereocenters. The fourth-order valence-electron chi connectivity index (χ4n) is 3.01. The van der Waals surface area contributed by atoms with Crippen LogP contribution in [0, 0.1) is 0 Å². The van der Waals surface area contributed by atoms with E-state index < -0.39 is 0 Å². The number of nitrogens with one attached hydrogen (secondary N) is 1. The van der Waals surface area contributed by atoms with Crippen LogP contribution in [0.25, 0.3) is 0 Å². The van der Waals surface area contributed by atoms with Gasteiger partial charge in [-0.25, -0.2) is 0 Å². The van der Waals surface area contributed by atoms with E-state index in [2.05, 4.69) is 5.32 Å². The molecule has 0 aromatic heterocycles. The number of carbonyl (C=O) groups is 2. The van der Waals surface area contributed by atoms with E-state index in [1.807, 2.05) is 0 Å². The molecule has 1 aliphatic rings. The molecule has 0 radical (unpaired) electrons. The molecule has 122 valence electrons. The van der Waals surface area contributed by atoms with Crippen molar-refractivity contribution in [2.45, 2.75) is 0 Å². The molecule has 3 aromatic rings. The first-order valence-corrected chi connectivity index (χ1v) is 7.66. The lowest BCUT2D eigenvalue weighted by Gasteiger charge is -2.21. The molecule has 25 heavy (non-hydrogen) atoms. The Morgan fingerprint density at radius 3 is 1.92 bits per heavy atom. The molecular formula is C20H13NO4. The molecular weight excluding hydrogens is 318 g/mol. The standard InChI is InChI=1S/C20H13NO4/c22-12-7-5-11(6-8-12)21-15-9-10-16(23)18-17(15)19(24)13-3-1-2-4-14(13)20(18)25/h1-10,21-23H. The van der Waals surface area contributed by atoms with Crippen LogP contribution in [0.1, 0.15) is 31.8 Å². The van der Waals surface area contributed by atoms with Crippen LogP contribution >= 0.6 is 0 Å². The number of anilines is 2. The van der Waals surface area contributed by atoms with E-state index in [9.17, 15) is 19.8 Å². The van der Waals surface area contributed by atoms with Crippen LogP contribution in [0.2, 0.25) is 0 Å². The van der Waals surface area contributed by atoms with Crippen molar-refractivity contribution in [3.8, 4) is 11.5 Å². The maximum atomic E-state index is 12.9. The Bertz CT molecular complexity index is 1020. The van der Waals surface area contributed by atoms with E-state index in [1.165, 1.54) is 18.2 Å². The number of hydrogen-bond acceptors (Lipinski definition) is 5. The zero-order valence-corrected chi connectivity index (χ0v) is 13.0. The van der Waals surface area contributed by atoms with Gasteiger partial charge in [0.1, 0.15) is 11.5 Å². The molecule has 5 nitrogen and oxygen atoms in total. The van der Waals surface area contributed by atoms with Crippen molar-refractivity contribution >= 4 is 22.9 Å². The number of fused-ring (bicyclic) bond motifs is 2. The van der Waals surface area contributed by atoms with Crippen molar-refractivity contribution < 1.29 is 19.8 Å². The van der Waals surface area contributed by atoms with Gasteiger partial charge in [-0.15, -0.1) is 0 Å². The summed E-state index contributed by atoms with van der Waals surface area (Å²) >= 11 is 0. The van der Waals surface area contributed by atoms with Gasteiger partial charge in [-0.2, -0.15) is 0 Å². The summed E-state index contributed by atoms with van der Waals surface area (Å²) in [6, 6.07) is 15.8. The van der Waals surface area contributed by atoms with Gasteiger partial charge in [-0.3, -0.25) is 9.59 Å². The summed E-state index contributed by atoms with van der Waals surface area (Å²) in [7, 11) is 0. The van der Waals surface area contributed by atoms with Gasteiger partial charge in [0.25, 0.3) is 0 Å². The number of phenolic OH excluding ortho intramolecular Hbond substituents is 2. The molecule has 4 rings (SSSR count). The van der Waals surface area contributed by atoms with Crippen molar-refractivity contribution in [1.29, 1.82) is 0 Å². The molecule has 0 fully saturated rings. The minimum Gasteiger partial charge on any atom is -0.508 e. The molecule has 0 amide bonds. The Morgan fingerprint density at radius 2 is 1.28 bits per heavy atom. The lowest BCUT2D eigenvalue weighted by molar-refractivity contribution is 0.0977. The molecule has 0 bridgehead atoms. The molecule has 3 N–H and O–H groups in total. The van der Waals surface area contributed by atoms with E-state index in [0.717, 1.165) is 0 Å². The molecule has 1 aliphatic carbocycles. The lowest BCUT2D eigenvalue weighted by Crippen LogP contribution is -2.22. The van der Waals surface area contributed by atoms with Gasteiger partial charge >= 0.3 is 0 Å². The molecule has 0 heterocycles. The van der Waals surface area contributed by atoms with Crippen molar-refractivity contribution in [1.82, 2.24) is 0 Å². The predicted molar refractivity (Wildman–Crippen MR) is 92.8 cm³/mol. The summed E-state index contributed by atoms with van der Waals surface area (Å²) in [6.07, 6.45) is 0. The predicted octanol–water partition coefficient (Wildman–Crippen LogP) is 3.62. The molecule has 0 saturated heterocycles. The van der Waals surface area contributed by atoms with Crippen molar-refractivity contribution in [2.24, 2.45) is 0 Å². The third kappa shape index (κ3) is 2.33. The van der Waals surface area contributed by atoms with Crippen molar-refractivity contribution in [3.63, 3.8) is 0 Å². The Kier molecular flexibility index (Phi) is 3.28. The van der Waals surface area contributed by atoms with E-state index in [1.54, 1.807) is 42.5 Å². The topological polar surface area (TPSA) is 86.6 Å². The largest absolute Gasteiger partial charge is 0.508 e. The molecule has 0 spiro atoms. The summed E-state index contributed by atoms with van der Waals surface area (Å²) in [5.74, 6) is -0.794. The summed E-state index contributed by atoms with van der Waals surface area (Å²) < 4.78 is 0. The molecule has 5 heteroatoms. The Morgan fingerprint density at radius 1 is 0.680 bits per heavy atom. The highest BCUT2D eigenvalue weighted by atomic mass is 16.3. The fraction of sp³-hybridized carbons (Fsp3) is 0. The van der Waals surface area contributed by atoms with Crippen LogP contribution in [-0.4, -0.2) is 21.8 Å². The van der Waals surface area contributed by atoms with E-state index >= 15 is 0 Å². The minimum atomic E-state index is -0.378. The summed E-state index contributed by atoms with van der Waals surface area (Å²) in [5.41, 5.74) is 1.83. The van der Waals surface area contributed by atoms with Gasteiger partial charge in [-0.05, 0) is 36.4 Å². The zero-order valence-electron chi connectivity index (χ0n) is 13.0. The maximum absolute atomic E-state index is 12.9. The van der Waals surface area contributed by atoms with Crippen molar-refractivity contribution in [3.05, 3.63) is 82.9 Å². The zero-order chi connectivity index (χ0) is 17.6. The second-order valence-electron chi connectivity index (χ2n) is 5.76. The second-order valence-corrected chi connectivity index (χ2v) is 5.76. The highest BCUT2D eigenvalue weighted by molar-refractivity contribution is 6.31. The number of carbonyl (C=O) groups excluding carboxylic acids is 2. The SMILES string of the molecule is O=C1c2ccccc2C(=O)c2c(Nc3ccc(O)cc3)ccc(O)c21. The smallest absolute Gasteiger partial charge is 0.198 e. The highest BCUT2D eigenvalue weighted by Crippen LogP contribution is 2.38. The summed E-state index contributed by atoms with van der Waals surface area (Å²) in [6.45, 7) is 0. The van der Waals surface area contributed by atoms with Crippen LogP contribution in [0.4, 0.5) is 11.4 Å². The quantitative estimate of drug-likeness (QED) is 0.488. The lowest BCUT2D eigenvalue weighted by atomic mass is 9.82. The Labute approximate surface area is 143 Å². The third-order valence-corrected chi connectivity index (χ3v) is 4.20. The number of aromatic hydroxyl groups is 2. The highest BCUT2D eigenvalue weighted by Gasteiger charge is 2.33. The van der Waals surface area contributed by atoms with Crippen LogP contribution in [0.3, 0.4) is 0 Å². The summed E-state index contributed by atoms with van der Waals surface area (Å²) in [4.78, 5) is 25.7. The maximum Gasteiger partial charge on any atom is 0.198 e. The number of ketones is 2. The van der Waals surface area contributed by atoms with Crippen LogP contribution < -0.4 is 5.32 Å². The average Bonchev–Trinajstić information content (AvgIpc) is 2.63. The number of hydrogen-bond donors (Lipinski definition) is 3. The number of phenols is 2. The molecule has 0 saturated carbocycles. The Hall–Kier alpha value is -3.60. The van der Waals surface area contributed by atoms with Gasteiger partial charge in [0.05, 0.1) is 16.8 Å². The first-order valence-electron chi connectivity index (χ1n) is 7.66. The number of benzene rings is 3. The van der Waals surface area contributed by atoms with E-state index in [4.69, 9.17) is 0 Å². The van der Waals surface area contributed by atoms with Crippen LogP contribution in [-0.2, 0) is 0 Å². The van der Waals surface area contributed by atoms with Crippen molar-refractivity contribution in [2.75, 3.05) is 5.32 Å². The third-order valence-electron chi connectivity index (χ3n) is 4.20. The second kappa shape index (κ2) is 5.49. The number of rotatable bonds is 2. The van der Waals surface area contributed by atoms with E-state index in [-0.39, 0.29) is 39.8 Å². The van der Waals surface area contributed by atoms with Crippen LogP contribution in [0.5, 0.6) is 11.5 Å². The molecule has 3 aromatic carbocycles. The van der Waals surface area contributed by atoms with Crippen LogP contribution in [0.15, 0.2) is 60.7 Å². The normalized spacial score (nSPS) is 12.5. The minimum absolute atomic E-state index is 0.00692. The first-order chi connectivity index (χ1) is 12.1. The van der Waals surface area contributed by atoms with Gasteiger partial charge < -0.3 is 15.5 Å². The molecule has 0 aliphatic heterocycles. The summed E-state index contributed by atoms with van der Waals surface area (Å²) in [5, 5.41) is 22.6. The monoisotopic (exact) mass is 331 g/mol. The Balaban J connectivity index is 1.88. The average molecular weight is 331 g/mol. The fourth-order valence-corrected chi connectivity index (χ4v) is 3.01. The van der Waals surface area contributed by atoms with E-state index in [0.29, 0.717) is 16.9 Å². The molecule has 0 atom stereocenters. The van der Waals surface area contributed by atoms with Gasteiger partial charge in [0.15, 0.2) is 11.6 Å². The van der Waals surface area contributed by atoms with Gasteiger partial charge in [-0.1, -0.05) is 24.3 Å². The van der Waals surface area contributed by atoms with Gasteiger partial charge in [0.2, 0.25) is 0 Å². The first kappa shape index (κ1) is 15.0. The van der Waals surface area contributed by atoms with Gasteiger partial charge in [0, 0.05) is 16.8 Å².